The molecule has 1 saturated carbocycles. The SMILES string of the molecule is Cc1ccc([C@@H]2C[C@@H]2/C(=N\OCc2ccccc2F)c2ccc(F)cc2)cc1. The van der Waals surface area contributed by atoms with E-state index in [1.165, 1.54) is 29.3 Å². The Morgan fingerprint density at radius 1 is 0.964 bits per heavy atom. The second kappa shape index (κ2) is 7.93. The van der Waals surface area contributed by atoms with E-state index >= 15 is 0 Å². The van der Waals surface area contributed by atoms with Gasteiger partial charge in [0.25, 0.3) is 0 Å². The van der Waals surface area contributed by atoms with E-state index in [1.807, 2.05) is 0 Å². The van der Waals surface area contributed by atoms with Gasteiger partial charge in [0.05, 0.1) is 5.71 Å². The van der Waals surface area contributed by atoms with E-state index in [9.17, 15) is 8.78 Å². The fourth-order valence-electron chi connectivity index (χ4n) is 3.42. The van der Waals surface area contributed by atoms with Crippen LogP contribution in [0.3, 0.4) is 0 Å². The van der Waals surface area contributed by atoms with Gasteiger partial charge in [-0.15, -0.1) is 0 Å². The van der Waals surface area contributed by atoms with Crippen LogP contribution in [-0.2, 0) is 11.4 Å². The van der Waals surface area contributed by atoms with Gasteiger partial charge in [-0.2, -0.15) is 0 Å². The van der Waals surface area contributed by atoms with Crippen molar-refractivity contribution in [2.45, 2.75) is 25.9 Å². The number of aryl methyl sites for hydroxylation is 1. The highest BCUT2D eigenvalue weighted by atomic mass is 19.1. The highest BCUT2D eigenvalue weighted by Gasteiger charge is 2.43. The molecular weight excluding hydrogens is 356 g/mol. The Kier molecular flexibility index (Phi) is 5.20. The second-order valence-corrected chi connectivity index (χ2v) is 7.21. The zero-order chi connectivity index (χ0) is 19.5. The lowest BCUT2D eigenvalue weighted by Crippen LogP contribution is -2.07. The normalized spacial score (nSPS) is 18.8. The molecule has 2 nitrogen and oxygen atoms in total. The van der Waals surface area contributed by atoms with Crippen molar-refractivity contribution in [3.63, 3.8) is 0 Å². The molecule has 0 heterocycles. The van der Waals surface area contributed by atoms with Crippen LogP contribution in [0.2, 0.25) is 0 Å². The third-order valence-electron chi connectivity index (χ3n) is 5.13. The fraction of sp³-hybridized carbons (Fsp3) is 0.208. The maximum absolute atomic E-state index is 13.8. The van der Waals surface area contributed by atoms with Crippen LogP contribution in [0.1, 0.15) is 34.6 Å². The number of oxime groups is 1. The van der Waals surface area contributed by atoms with Gasteiger partial charge >= 0.3 is 0 Å². The van der Waals surface area contributed by atoms with Crippen LogP contribution in [0.25, 0.3) is 0 Å². The van der Waals surface area contributed by atoms with Crippen molar-refractivity contribution in [3.8, 4) is 0 Å². The minimum atomic E-state index is -0.315. The van der Waals surface area contributed by atoms with Gasteiger partial charge in [-0.25, -0.2) is 8.78 Å². The molecule has 1 aliphatic carbocycles. The molecule has 0 saturated heterocycles. The first-order valence-electron chi connectivity index (χ1n) is 9.37. The van der Waals surface area contributed by atoms with E-state index < -0.39 is 0 Å². The average molecular weight is 377 g/mol. The Balaban J connectivity index is 1.55. The fourth-order valence-corrected chi connectivity index (χ4v) is 3.42. The van der Waals surface area contributed by atoms with Crippen LogP contribution in [0, 0.1) is 24.5 Å². The van der Waals surface area contributed by atoms with Gasteiger partial charge in [0.2, 0.25) is 0 Å². The zero-order valence-electron chi connectivity index (χ0n) is 15.6. The molecule has 142 valence electrons. The van der Waals surface area contributed by atoms with Crippen molar-refractivity contribution in [1.29, 1.82) is 0 Å². The molecule has 0 aliphatic heterocycles. The Bertz CT molecular complexity index is 980. The molecule has 3 aromatic rings. The lowest BCUT2D eigenvalue weighted by Gasteiger charge is -2.08. The van der Waals surface area contributed by atoms with Gasteiger partial charge in [-0.05, 0) is 48.6 Å². The molecule has 3 aromatic carbocycles. The first-order chi connectivity index (χ1) is 13.6. The minimum absolute atomic E-state index is 0.0548. The van der Waals surface area contributed by atoms with Crippen LogP contribution < -0.4 is 0 Å². The van der Waals surface area contributed by atoms with Crippen LogP contribution in [0.5, 0.6) is 0 Å². The molecule has 28 heavy (non-hydrogen) atoms. The van der Waals surface area contributed by atoms with Gasteiger partial charge in [0, 0.05) is 11.5 Å². The summed E-state index contributed by atoms with van der Waals surface area (Å²) in [4.78, 5) is 5.51. The zero-order valence-corrected chi connectivity index (χ0v) is 15.6. The van der Waals surface area contributed by atoms with Crippen molar-refractivity contribution in [2.24, 2.45) is 11.1 Å². The highest BCUT2D eigenvalue weighted by Crippen LogP contribution is 2.49. The first-order valence-corrected chi connectivity index (χ1v) is 9.37. The largest absolute Gasteiger partial charge is 0.391 e. The second-order valence-electron chi connectivity index (χ2n) is 7.21. The van der Waals surface area contributed by atoms with E-state index in [0.29, 0.717) is 11.5 Å². The summed E-state index contributed by atoms with van der Waals surface area (Å²) in [6.45, 7) is 2.12. The smallest absolute Gasteiger partial charge is 0.145 e. The quantitative estimate of drug-likeness (QED) is 0.381. The maximum Gasteiger partial charge on any atom is 0.145 e. The standard InChI is InChI=1S/C24H21F2NO/c1-16-6-8-17(9-7-16)21-14-22(21)24(18-10-12-20(25)13-11-18)27-28-15-19-4-2-3-5-23(19)26/h2-13,21-22H,14-15H2,1H3/b27-24-/t21-,22-/m0/s1. The molecule has 0 N–H and O–H groups in total. The lowest BCUT2D eigenvalue weighted by molar-refractivity contribution is 0.127. The van der Waals surface area contributed by atoms with E-state index in [2.05, 4.69) is 36.3 Å². The lowest BCUT2D eigenvalue weighted by atomic mass is 10.0. The molecule has 0 radical (unpaired) electrons. The van der Waals surface area contributed by atoms with E-state index in [1.54, 1.807) is 30.3 Å². The number of hydrogen-bond acceptors (Lipinski definition) is 2. The number of benzene rings is 3. The van der Waals surface area contributed by atoms with Crippen LogP contribution >= 0.6 is 0 Å². The Hall–Kier alpha value is -3.01. The number of halogens is 2. The summed E-state index contributed by atoms with van der Waals surface area (Å²) in [6.07, 6.45) is 0.961. The number of hydrogen-bond donors (Lipinski definition) is 0. The van der Waals surface area contributed by atoms with Crippen molar-refractivity contribution in [3.05, 3.63) is 107 Å². The Morgan fingerprint density at radius 2 is 1.68 bits per heavy atom. The molecule has 1 fully saturated rings. The van der Waals surface area contributed by atoms with E-state index in [-0.39, 0.29) is 24.2 Å². The molecule has 0 amide bonds. The molecule has 0 unspecified atom stereocenters. The summed E-state index contributed by atoms with van der Waals surface area (Å²) in [6, 6.07) is 21.2. The predicted octanol–water partition coefficient (Wildman–Crippen LogP) is 6.00. The van der Waals surface area contributed by atoms with Crippen LogP contribution in [0.15, 0.2) is 78.0 Å². The third kappa shape index (κ3) is 4.11. The monoisotopic (exact) mass is 377 g/mol. The van der Waals surface area contributed by atoms with Gasteiger partial charge in [0.1, 0.15) is 18.2 Å². The number of rotatable bonds is 6. The summed E-state index contributed by atoms with van der Waals surface area (Å²) < 4.78 is 27.1. The Labute approximate surface area is 163 Å². The van der Waals surface area contributed by atoms with E-state index in [0.717, 1.165) is 17.7 Å². The topological polar surface area (TPSA) is 21.6 Å². The average Bonchev–Trinajstić information content (AvgIpc) is 3.49. The Morgan fingerprint density at radius 3 is 2.39 bits per heavy atom. The molecule has 4 rings (SSSR count). The van der Waals surface area contributed by atoms with Gasteiger partial charge in [-0.1, -0.05) is 65.3 Å². The van der Waals surface area contributed by atoms with Gasteiger partial charge < -0.3 is 4.84 Å². The third-order valence-corrected chi connectivity index (χ3v) is 5.13. The van der Waals surface area contributed by atoms with Crippen LogP contribution in [-0.4, -0.2) is 5.71 Å². The molecule has 2 atom stereocenters. The van der Waals surface area contributed by atoms with E-state index in [4.69, 9.17) is 4.84 Å². The van der Waals surface area contributed by atoms with Gasteiger partial charge in [0.15, 0.2) is 0 Å². The summed E-state index contributed by atoms with van der Waals surface area (Å²) in [5.41, 5.74) is 4.55. The molecule has 1 aliphatic rings. The summed E-state index contributed by atoms with van der Waals surface area (Å²) in [5, 5.41) is 4.34. The molecular formula is C24H21F2NO. The predicted molar refractivity (Wildman–Crippen MR) is 106 cm³/mol. The molecule has 0 spiro atoms. The van der Waals surface area contributed by atoms with Crippen molar-refractivity contribution >= 4 is 5.71 Å². The summed E-state index contributed by atoms with van der Waals surface area (Å²) >= 11 is 0. The van der Waals surface area contributed by atoms with Crippen molar-refractivity contribution in [1.82, 2.24) is 0 Å². The minimum Gasteiger partial charge on any atom is -0.391 e. The summed E-state index contributed by atoms with van der Waals surface area (Å²) in [7, 11) is 0. The van der Waals surface area contributed by atoms with Crippen LogP contribution in [0.4, 0.5) is 8.78 Å². The van der Waals surface area contributed by atoms with Crippen molar-refractivity contribution < 1.29 is 13.6 Å². The molecule has 0 bridgehead atoms. The molecule has 4 heteroatoms. The maximum atomic E-state index is 13.8. The highest BCUT2D eigenvalue weighted by molar-refractivity contribution is 6.04. The molecule has 0 aromatic heterocycles. The summed E-state index contributed by atoms with van der Waals surface area (Å²) in [5.74, 6) is -0.0403. The first kappa shape index (κ1) is 18.4. The number of nitrogens with zero attached hydrogens (tertiary/aromatic N) is 1. The van der Waals surface area contributed by atoms with Gasteiger partial charge in [-0.3, -0.25) is 0 Å². The van der Waals surface area contributed by atoms with Crippen molar-refractivity contribution in [2.75, 3.05) is 0 Å².